The molecule has 0 saturated carbocycles. The van der Waals surface area contributed by atoms with Crippen molar-refractivity contribution in [3.8, 4) is 11.5 Å². The lowest BCUT2D eigenvalue weighted by Gasteiger charge is -2.29. The van der Waals surface area contributed by atoms with Crippen molar-refractivity contribution in [3.05, 3.63) is 22.7 Å². The molecule has 1 aliphatic heterocycles. The summed E-state index contributed by atoms with van der Waals surface area (Å²) in [6.07, 6.45) is 1.30. The number of carbonyl (C=O) groups excluding carboxylic acids is 3. The Morgan fingerprint density at radius 1 is 1.04 bits per heavy atom. The van der Waals surface area contributed by atoms with Crippen molar-refractivity contribution >= 4 is 29.4 Å². The Hall–Kier alpha value is -2.48. The number of amides is 2. The molecule has 1 aliphatic rings. The molecule has 1 heterocycles. The van der Waals surface area contributed by atoms with E-state index in [1.165, 1.54) is 31.3 Å². The lowest BCUT2D eigenvalue weighted by atomic mass is 10.1. The van der Waals surface area contributed by atoms with E-state index in [4.69, 9.17) is 21.1 Å². The fraction of sp³-hybridized carbons (Fsp3) is 0.500. The van der Waals surface area contributed by atoms with Gasteiger partial charge >= 0.3 is 5.97 Å². The molecule has 9 heteroatoms. The third-order valence-corrected chi connectivity index (χ3v) is 4.56. The summed E-state index contributed by atoms with van der Waals surface area (Å²) in [6.45, 7) is 0.814. The number of halogens is 1. The minimum Gasteiger partial charge on any atom is -0.496 e. The third-order valence-electron chi connectivity index (χ3n) is 4.26. The highest BCUT2D eigenvalue weighted by molar-refractivity contribution is 6.32. The predicted octanol–water partition coefficient (Wildman–Crippen LogP) is 2.29. The fourth-order valence-corrected chi connectivity index (χ4v) is 3.17. The first-order valence-corrected chi connectivity index (χ1v) is 8.91. The van der Waals surface area contributed by atoms with E-state index in [1.807, 2.05) is 0 Å². The van der Waals surface area contributed by atoms with Crippen LogP contribution in [0.25, 0.3) is 0 Å². The Morgan fingerprint density at radius 3 is 2.37 bits per heavy atom. The summed E-state index contributed by atoms with van der Waals surface area (Å²) in [5, 5.41) is 3.05. The molecule has 1 saturated heterocycles. The second-order valence-electron chi connectivity index (χ2n) is 5.89. The van der Waals surface area contributed by atoms with Gasteiger partial charge in [0, 0.05) is 25.9 Å². The van der Waals surface area contributed by atoms with Gasteiger partial charge in [-0.2, -0.15) is 0 Å². The van der Waals surface area contributed by atoms with Crippen LogP contribution in [0.5, 0.6) is 11.5 Å². The predicted molar refractivity (Wildman–Crippen MR) is 97.8 cm³/mol. The Balaban J connectivity index is 2.19. The molecule has 0 N–H and O–H groups in total. The maximum absolute atomic E-state index is 13.1. The largest absolute Gasteiger partial charge is 0.496 e. The number of benzene rings is 1. The molecular formula is C18H23ClN2O6. The number of methoxy groups -OCH3 is 3. The van der Waals surface area contributed by atoms with Gasteiger partial charge in [0.25, 0.3) is 5.91 Å². The number of nitrogens with zero attached hydrogens (tertiary/aromatic N) is 2. The number of rotatable bonds is 7. The van der Waals surface area contributed by atoms with Crippen LogP contribution in [0.4, 0.5) is 0 Å². The first-order valence-electron chi connectivity index (χ1n) is 8.54. The molecule has 0 spiro atoms. The van der Waals surface area contributed by atoms with Crippen LogP contribution in [0, 0.1) is 0 Å². The second-order valence-corrected chi connectivity index (χ2v) is 6.29. The summed E-state index contributed by atoms with van der Waals surface area (Å²) in [5.74, 6) is -0.516. The van der Waals surface area contributed by atoms with Gasteiger partial charge in [0.1, 0.15) is 11.3 Å². The number of esters is 1. The molecule has 0 radical (unpaired) electrons. The van der Waals surface area contributed by atoms with E-state index in [-0.39, 0.29) is 41.1 Å². The van der Waals surface area contributed by atoms with E-state index < -0.39 is 5.91 Å². The van der Waals surface area contributed by atoms with E-state index in [0.29, 0.717) is 31.7 Å². The van der Waals surface area contributed by atoms with Gasteiger partial charge in [-0.1, -0.05) is 11.6 Å². The minimum absolute atomic E-state index is 0.142. The van der Waals surface area contributed by atoms with Crippen molar-refractivity contribution in [1.29, 1.82) is 0 Å². The summed E-state index contributed by atoms with van der Waals surface area (Å²) in [6, 6.07) is 3.16. The standard InChI is InChI=1S/C18H23ClN2O6/c1-25-13-9-8-12(19)17(27-3)16(13)18(24)21-11-5-10-20(21)14(22)6-4-7-15(23)26-2/h8-9H,4-7,10-11H2,1-3H3. The van der Waals surface area contributed by atoms with Gasteiger partial charge in [0.15, 0.2) is 5.75 Å². The lowest BCUT2D eigenvalue weighted by Crippen LogP contribution is -2.45. The molecular weight excluding hydrogens is 376 g/mol. The fourth-order valence-electron chi connectivity index (χ4n) is 2.94. The highest BCUT2D eigenvalue weighted by Crippen LogP contribution is 2.37. The Bertz CT molecular complexity index is 724. The van der Waals surface area contributed by atoms with E-state index in [0.717, 1.165) is 0 Å². The van der Waals surface area contributed by atoms with Gasteiger partial charge < -0.3 is 14.2 Å². The first kappa shape index (κ1) is 20.8. The van der Waals surface area contributed by atoms with Crippen molar-refractivity contribution in [1.82, 2.24) is 10.0 Å². The topological polar surface area (TPSA) is 85.4 Å². The number of hydrogen-bond donors (Lipinski definition) is 0. The monoisotopic (exact) mass is 398 g/mol. The van der Waals surface area contributed by atoms with Crippen molar-refractivity contribution in [2.45, 2.75) is 25.7 Å². The van der Waals surface area contributed by atoms with Gasteiger partial charge in [0.05, 0.1) is 26.4 Å². The molecule has 0 aromatic heterocycles. The normalized spacial score (nSPS) is 13.5. The summed E-state index contributed by atoms with van der Waals surface area (Å²) in [7, 11) is 4.16. The van der Waals surface area contributed by atoms with Crippen LogP contribution in [0.1, 0.15) is 36.0 Å². The van der Waals surface area contributed by atoms with E-state index in [1.54, 1.807) is 12.1 Å². The van der Waals surface area contributed by atoms with E-state index in [9.17, 15) is 14.4 Å². The lowest BCUT2D eigenvalue weighted by molar-refractivity contribution is -0.142. The van der Waals surface area contributed by atoms with Crippen LogP contribution < -0.4 is 9.47 Å². The molecule has 27 heavy (non-hydrogen) atoms. The van der Waals surface area contributed by atoms with Gasteiger partial charge in [-0.3, -0.25) is 19.4 Å². The van der Waals surface area contributed by atoms with E-state index in [2.05, 4.69) is 4.74 Å². The van der Waals surface area contributed by atoms with Crippen molar-refractivity contribution < 1.29 is 28.6 Å². The quantitative estimate of drug-likeness (QED) is 0.655. The summed E-state index contributed by atoms with van der Waals surface area (Å²) in [4.78, 5) is 36.9. The molecule has 0 atom stereocenters. The van der Waals surface area contributed by atoms with Crippen LogP contribution in [-0.2, 0) is 14.3 Å². The maximum atomic E-state index is 13.1. The minimum atomic E-state index is -0.426. The molecule has 1 aromatic rings. The molecule has 8 nitrogen and oxygen atoms in total. The number of hydrogen-bond acceptors (Lipinski definition) is 6. The zero-order valence-corrected chi connectivity index (χ0v) is 16.4. The van der Waals surface area contributed by atoms with E-state index >= 15 is 0 Å². The highest BCUT2D eigenvalue weighted by Gasteiger charge is 2.34. The van der Waals surface area contributed by atoms with Gasteiger partial charge in [-0.05, 0) is 25.0 Å². The molecule has 1 aromatic carbocycles. The average Bonchev–Trinajstić information content (AvgIpc) is 3.16. The van der Waals surface area contributed by atoms with Crippen LogP contribution >= 0.6 is 11.6 Å². The number of ether oxygens (including phenoxy) is 3. The van der Waals surface area contributed by atoms with Crippen molar-refractivity contribution in [3.63, 3.8) is 0 Å². The summed E-state index contributed by atoms with van der Waals surface area (Å²) >= 11 is 6.14. The molecule has 0 bridgehead atoms. The third kappa shape index (κ3) is 4.63. The van der Waals surface area contributed by atoms with Gasteiger partial charge in [-0.25, -0.2) is 5.01 Å². The molecule has 0 unspecified atom stereocenters. The maximum Gasteiger partial charge on any atom is 0.305 e. The van der Waals surface area contributed by atoms with Crippen LogP contribution in [0.3, 0.4) is 0 Å². The average molecular weight is 399 g/mol. The van der Waals surface area contributed by atoms with Crippen LogP contribution in [0.15, 0.2) is 12.1 Å². The van der Waals surface area contributed by atoms with Gasteiger partial charge in [-0.15, -0.1) is 0 Å². The Labute approximate surface area is 162 Å². The summed E-state index contributed by atoms with van der Waals surface area (Å²) < 4.78 is 15.1. The second kappa shape index (κ2) is 9.45. The van der Waals surface area contributed by atoms with Crippen LogP contribution in [0.2, 0.25) is 5.02 Å². The molecule has 148 valence electrons. The molecule has 2 amide bonds. The Morgan fingerprint density at radius 2 is 1.74 bits per heavy atom. The summed E-state index contributed by atoms with van der Waals surface area (Å²) in [5.41, 5.74) is 0.168. The zero-order valence-electron chi connectivity index (χ0n) is 15.6. The van der Waals surface area contributed by atoms with Crippen LogP contribution in [-0.4, -0.2) is 62.2 Å². The first-order chi connectivity index (χ1) is 12.9. The zero-order chi connectivity index (χ0) is 20.0. The smallest absolute Gasteiger partial charge is 0.305 e. The molecule has 1 fully saturated rings. The Kier molecular flexibility index (Phi) is 7.29. The highest BCUT2D eigenvalue weighted by atomic mass is 35.5. The van der Waals surface area contributed by atoms with Crippen molar-refractivity contribution in [2.75, 3.05) is 34.4 Å². The number of hydrazine groups is 1. The molecule has 0 aliphatic carbocycles. The molecule has 2 rings (SSSR count). The van der Waals surface area contributed by atoms with Crippen molar-refractivity contribution in [2.24, 2.45) is 0 Å². The van der Waals surface area contributed by atoms with Gasteiger partial charge in [0.2, 0.25) is 5.91 Å². The number of carbonyl (C=O) groups is 3. The SMILES string of the molecule is COC(=O)CCCC(=O)N1CCCN1C(=O)c1c(OC)ccc(Cl)c1OC.